The van der Waals surface area contributed by atoms with Crippen molar-refractivity contribution in [3.05, 3.63) is 69.2 Å². The predicted molar refractivity (Wildman–Crippen MR) is 136 cm³/mol. The third-order valence-corrected chi connectivity index (χ3v) is 7.71. The molecule has 3 aromatic rings. The monoisotopic (exact) mass is 582 g/mol. The first-order valence-corrected chi connectivity index (χ1v) is 12.8. The number of aromatic nitrogens is 2. The highest BCUT2D eigenvalue weighted by Crippen LogP contribution is 2.37. The summed E-state index contributed by atoms with van der Waals surface area (Å²) in [5, 5.41) is 13.2. The van der Waals surface area contributed by atoms with Gasteiger partial charge in [0, 0.05) is 17.0 Å². The van der Waals surface area contributed by atoms with Gasteiger partial charge in [0.2, 0.25) is 0 Å². The number of halogens is 5. The standard InChI is InChI=1S/C25H19ClF4N4O4S/c26-16-3-2-14(17(9-16)25(28,29)30)11-33-19-4-1-13(7-15(19)10-31-33)8-21-22(35)34(24(38)39-21)20-5-6-32(23(36)37)12-18(20)27/h1-4,7-10,18,20H,5-6,11-12H2,(H,36,37)/t18-,20-/m0/s1. The highest BCUT2D eigenvalue weighted by atomic mass is 35.5. The summed E-state index contributed by atoms with van der Waals surface area (Å²) in [5.41, 5.74) is 0.228. The quantitative estimate of drug-likeness (QED) is 0.305. The van der Waals surface area contributed by atoms with Gasteiger partial charge in [-0.3, -0.25) is 19.2 Å². The van der Waals surface area contributed by atoms with Crippen molar-refractivity contribution >= 4 is 57.6 Å². The van der Waals surface area contributed by atoms with Gasteiger partial charge in [-0.1, -0.05) is 23.7 Å². The molecule has 2 aliphatic rings. The molecule has 39 heavy (non-hydrogen) atoms. The first kappa shape index (κ1) is 27.0. The van der Waals surface area contributed by atoms with E-state index >= 15 is 0 Å². The SMILES string of the molecule is O=C(O)N1CC[C@H](N2C(=O)SC(=Cc3ccc4c(cnn4Cc4ccc(Cl)cc4C(F)(F)F)c3)C2=O)[C@@H](F)C1. The van der Waals surface area contributed by atoms with Crippen molar-refractivity contribution in [1.29, 1.82) is 0 Å². The number of carbonyl (C=O) groups excluding carboxylic acids is 2. The molecule has 0 bridgehead atoms. The van der Waals surface area contributed by atoms with Gasteiger partial charge in [-0.05, 0) is 59.7 Å². The van der Waals surface area contributed by atoms with Gasteiger partial charge in [-0.2, -0.15) is 18.3 Å². The number of amides is 3. The van der Waals surface area contributed by atoms with Gasteiger partial charge in [-0.25, -0.2) is 9.18 Å². The minimum absolute atomic E-state index is 0.00232. The minimum atomic E-state index is -4.59. The summed E-state index contributed by atoms with van der Waals surface area (Å²) in [4.78, 5) is 38.5. The maximum absolute atomic E-state index is 14.7. The second-order valence-corrected chi connectivity index (χ2v) is 10.5. The van der Waals surface area contributed by atoms with E-state index in [-0.39, 0.29) is 35.0 Å². The van der Waals surface area contributed by atoms with Crippen molar-refractivity contribution in [1.82, 2.24) is 19.6 Å². The molecule has 5 rings (SSSR count). The van der Waals surface area contributed by atoms with Gasteiger partial charge in [0.05, 0.1) is 41.3 Å². The van der Waals surface area contributed by atoms with E-state index in [1.54, 1.807) is 18.2 Å². The van der Waals surface area contributed by atoms with E-state index in [0.717, 1.165) is 15.9 Å². The Morgan fingerprint density at radius 3 is 2.67 bits per heavy atom. The second kappa shape index (κ2) is 10.2. The Morgan fingerprint density at radius 1 is 1.21 bits per heavy atom. The molecule has 14 heteroatoms. The normalized spacial score (nSPS) is 21.4. The Bertz CT molecular complexity index is 1530. The molecule has 3 heterocycles. The van der Waals surface area contributed by atoms with E-state index in [1.807, 2.05) is 0 Å². The molecule has 0 radical (unpaired) electrons. The molecule has 2 aromatic carbocycles. The Kier molecular flexibility index (Phi) is 7.06. The van der Waals surface area contributed by atoms with Gasteiger partial charge in [0.1, 0.15) is 6.17 Å². The maximum Gasteiger partial charge on any atom is 0.416 e. The van der Waals surface area contributed by atoms with Crippen LogP contribution in [-0.2, 0) is 17.5 Å². The van der Waals surface area contributed by atoms with Crippen LogP contribution in [0.1, 0.15) is 23.1 Å². The lowest BCUT2D eigenvalue weighted by Crippen LogP contribution is -2.54. The highest BCUT2D eigenvalue weighted by molar-refractivity contribution is 8.18. The maximum atomic E-state index is 14.7. The van der Waals surface area contributed by atoms with E-state index in [1.165, 1.54) is 29.1 Å². The van der Waals surface area contributed by atoms with Crippen LogP contribution in [0.2, 0.25) is 5.02 Å². The molecule has 2 atom stereocenters. The number of hydrogen-bond acceptors (Lipinski definition) is 5. The van der Waals surface area contributed by atoms with Gasteiger partial charge in [0.15, 0.2) is 0 Å². The number of piperidine rings is 1. The zero-order valence-corrected chi connectivity index (χ0v) is 21.4. The topological polar surface area (TPSA) is 95.7 Å². The molecule has 1 aromatic heterocycles. The van der Waals surface area contributed by atoms with Crippen LogP contribution in [0.15, 0.2) is 47.5 Å². The van der Waals surface area contributed by atoms with Crippen molar-refractivity contribution in [3.63, 3.8) is 0 Å². The smallest absolute Gasteiger partial charge is 0.416 e. The average Bonchev–Trinajstić information content (AvgIpc) is 3.38. The molecule has 0 aliphatic carbocycles. The summed E-state index contributed by atoms with van der Waals surface area (Å²) < 4.78 is 56.6. The van der Waals surface area contributed by atoms with Crippen molar-refractivity contribution < 1.29 is 37.1 Å². The minimum Gasteiger partial charge on any atom is -0.465 e. The zero-order valence-electron chi connectivity index (χ0n) is 19.9. The number of imide groups is 1. The number of hydrogen-bond donors (Lipinski definition) is 1. The molecule has 0 unspecified atom stereocenters. The van der Waals surface area contributed by atoms with Crippen molar-refractivity contribution in [2.24, 2.45) is 0 Å². The Balaban J connectivity index is 1.36. The summed E-state index contributed by atoms with van der Waals surface area (Å²) in [6.07, 6.45) is -4.61. The van der Waals surface area contributed by atoms with Crippen LogP contribution in [0, 0.1) is 0 Å². The molecule has 2 fully saturated rings. The van der Waals surface area contributed by atoms with Gasteiger partial charge >= 0.3 is 12.3 Å². The van der Waals surface area contributed by atoms with Crippen LogP contribution in [0.3, 0.4) is 0 Å². The fourth-order valence-electron chi connectivity index (χ4n) is 4.71. The summed E-state index contributed by atoms with van der Waals surface area (Å²) in [7, 11) is 0. The van der Waals surface area contributed by atoms with Crippen molar-refractivity contribution in [3.8, 4) is 0 Å². The number of rotatable bonds is 4. The number of carbonyl (C=O) groups is 3. The lowest BCUT2D eigenvalue weighted by atomic mass is 10.0. The van der Waals surface area contributed by atoms with Crippen molar-refractivity contribution in [2.45, 2.75) is 31.4 Å². The first-order chi connectivity index (χ1) is 18.4. The summed E-state index contributed by atoms with van der Waals surface area (Å²) >= 11 is 6.42. The molecule has 0 spiro atoms. The number of alkyl halides is 4. The van der Waals surface area contributed by atoms with Crippen LogP contribution >= 0.6 is 23.4 Å². The van der Waals surface area contributed by atoms with Gasteiger partial charge in [-0.15, -0.1) is 0 Å². The number of benzene rings is 2. The van der Waals surface area contributed by atoms with Crippen molar-refractivity contribution in [2.75, 3.05) is 13.1 Å². The molecule has 1 N–H and O–H groups in total. The van der Waals surface area contributed by atoms with E-state index in [0.29, 0.717) is 28.2 Å². The van der Waals surface area contributed by atoms with Crippen LogP contribution in [0.25, 0.3) is 17.0 Å². The number of nitrogens with zero attached hydrogens (tertiary/aromatic N) is 4. The average molecular weight is 583 g/mol. The Hall–Kier alpha value is -3.58. The zero-order chi connectivity index (χ0) is 28.1. The van der Waals surface area contributed by atoms with Crippen LogP contribution in [0.4, 0.5) is 27.2 Å². The van der Waals surface area contributed by atoms with E-state index in [4.69, 9.17) is 16.7 Å². The molecule has 3 amide bonds. The van der Waals surface area contributed by atoms with Crippen LogP contribution < -0.4 is 0 Å². The molecule has 2 saturated heterocycles. The number of fused-ring (bicyclic) bond motifs is 1. The van der Waals surface area contributed by atoms with E-state index in [9.17, 15) is 31.9 Å². The van der Waals surface area contributed by atoms with Gasteiger partial charge < -0.3 is 10.0 Å². The third-order valence-electron chi connectivity index (χ3n) is 6.59. The molecular formula is C25H19ClF4N4O4S. The fourth-order valence-corrected chi connectivity index (χ4v) is 5.76. The molecule has 0 saturated carbocycles. The van der Waals surface area contributed by atoms with Crippen LogP contribution in [0.5, 0.6) is 0 Å². The highest BCUT2D eigenvalue weighted by Gasteiger charge is 2.45. The number of thioether (sulfide) groups is 1. The molecule has 8 nitrogen and oxygen atoms in total. The lowest BCUT2D eigenvalue weighted by molar-refractivity contribution is -0.138. The summed E-state index contributed by atoms with van der Waals surface area (Å²) in [6, 6.07) is 7.43. The largest absolute Gasteiger partial charge is 0.465 e. The summed E-state index contributed by atoms with van der Waals surface area (Å²) in [5.74, 6) is -0.667. The number of likely N-dealkylation sites (tertiary alicyclic amines) is 1. The Morgan fingerprint density at radius 2 is 1.97 bits per heavy atom. The van der Waals surface area contributed by atoms with E-state index in [2.05, 4.69) is 5.10 Å². The second-order valence-electron chi connectivity index (χ2n) is 9.07. The van der Waals surface area contributed by atoms with Crippen LogP contribution in [-0.4, -0.2) is 67.2 Å². The van der Waals surface area contributed by atoms with Gasteiger partial charge in [0.25, 0.3) is 11.1 Å². The van der Waals surface area contributed by atoms with E-state index < -0.39 is 47.7 Å². The Labute approximate surface area is 227 Å². The predicted octanol–water partition coefficient (Wildman–Crippen LogP) is 5.88. The molecule has 204 valence electrons. The number of carboxylic acid groups (broad SMARTS) is 1. The lowest BCUT2D eigenvalue weighted by Gasteiger charge is -2.36. The molecular weight excluding hydrogens is 564 g/mol. The first-order valence-electron chi connectivity index (χ1n) is 11.6. The third kappa shape index (κ3) is 5.33. The fraction of sp³-hybridized carbons (Fsp3) is 0.280. The summed E-state index contributed by atoms with van der Waals surface area (Å²) in [6.45, 7) is -0.580. The molecule has 2 aliphatic heterocycles.